The molecule has 0 atom stereocenters. The van der Waals surface area contributed by atoms with Crippen molar-refractivity contribution in [1.82, 2.24) is 15.0 Å². The summed E-state index contributed by atoms with van der Waals surface area (Å²) in [6.45, 7) is 0. The van der Waals surface area contributed by atoms with E-state index >= 15 is 0 Å². The fourth-order valence-corrected chi connectivity index (χ4v) is 4.80. The SMILES string of the molecule is N#Cc1ccc(-c2cc(Oc3ccc4nc(NC5CCCCC5)sc4c3)ccn2)cn1. The van der Waals surface area contributed by atoms with Gasteiger partial charge in [-0.1, -0.05) is 30.6 Å². The molecule has 0 amide bonds. The zero-order valence-electron chi connectivity index (χ0n) is 16.9. The summed E-state index contributed by atoms with van der Waals surface area (Å²) in [5.41, 5.74) is 2.94. The monoisotopic (exact) mass is 427 g/mol. The summed E-state index contributed by atoms with van der Waals surface area (Å²) in [6.07, 6.45) is 9.75. The summed E-state index contributed by atoms with van der Waals surface area (Å²) < 4.78 is 7.20. The van der Waals surface area contributed by atoms with E-state index in [0.29, 0.717) is 17.5 Å². The molecule has 1 fully saturated rings. The minimum Gasteiger partial charge on any atom is -0.457 e. The van der Waals surface area contributed by atoms with E-state index in [1.807, 2.05) is 42.5 Å². The topological polar surface area (TPSA) is 83.7 Å². The molecule has 0 unspecified atom stereocenters. The van der Waals surface area contributed by atoms with Crippen molar-refractivity contribution in [3.8, 4) is 28.8 Å². The fourth-order valence-electron chi connectivity index (χ4n) is 3.83. The lowest BCUT2D eigenvalue weighted by atomic mass is 9.96. The van der Waals surface area contributed by atoms with Gasteiger partial charge < -0.3 is 10.1 Å². The van der Waals surface area contributed by atoms with Crippen molar-refractivity contribution in [1.29, 1.82) is 5.26 Å². The van der Waals surface area contributed by atoms with Crippen molar-refractivity contribution < 1.29 is 4.74 Å². The Bertz CT molecular complexity index is 1240. The highest BCUT2D eigenvalue weighted by atomic mass is 32.1. The summed E-state index contributed by atoms with van der Waals surface area (Å²) in [5.74, 6) is 1.45. The van der Waals surface area contributed by atoms with Crippen LogP contribution in [0.5, 0.6) is 11.5 Å². The second kappa shape index (κ2) is 8.70. The average molecular weight is 428 g/mol. The van der Waals surface area contributed by atoms with Crippen LogP contribution in [0.25, 0.3) is 21.5 Å². The first-order valence-electron chi connectivity index (χ1n) is 10.4. The molecule has 3 heterocycles. The van der Waals surface area contributed by atoms with E-state index in [1.165, 1.54) is 32.1 Å². The maximum absolute atomic E-state index is 8.91. The van der Waals surface area contributed by atoms with E-state index in [9.17, 15) is 0 Å². The average Bonchev–Trinajstić information content (AvgIpc) is 3.21. The molecular formula is C24H21N5OS. The Morgan fingerprint density at radius 1 is 1.00 bits per heavy atom. The number of nitrogens with one attached hydrogen (secondary N) is 1. The van der Waals surface area contributed by atoms with Gasteiger partial charge in [-0.15, -0.1) is 0 Å². The molecule has 0 radical (unpaired) electrons. The van der Waals surface area contributed by atoms with Gasteiger partial charge in [-0.05, 0) is 43.2 Å². The molecule has 0 aliphatic heterocycles. The van der Waals surface area contributed by atoms with Gasteiger partial charge in [0.25, 0.3) is 0 Å². The third-order valence-electron chi connectivity index (χ3n) is 5.43. The van der Waals surface area contributed by atoms with Gasteiger partial charge in [0.2, 0.25) is 0 Å². The van der Waals surface area contributed by atoms with Gasteiger partial charge in [0.05, 0.1) is 15.9 Å². The number of hydrogen-bond acceptors (Lipinski definition) is 7. The molecule has 0 saturated heterocycles. The van der Waals surface area contributed by atoms with Gasteiger partial charge in [0.15, 0.2) is 5.13 Å². The van der Waals surface area contributed by atoms with Crippen LogP contribution in [0.15, 0.2) is 54.9 Å². The first kappa shape index (κ1) is 19.5. The van der Waals surface area contributed by atoms with E-state index in [0.717, 1.165) is 32.4 Å². The number of benzene rings is 1. The molecule has 0 bridgehead atoms. The number of rotatable bonds is 5. The van der Waals surface area contributed by atoms with Gasteiger partial charge in [0.1, 0.15) is 23.3 Å². The molecule has 1 saturated carbocycles. The molecule has 154 valence electrons. The Kier molecular flexibility index (Phi) is 5.46. The van der Waals surface area contributed by atoms with Crippen LogP contribution >= 0.6 is 11.3 Å². The summed E-state index contributed by atoms with van der Waals surface area (Å²) >= 11 is 1.67. The number of anilines is 1. The Morgan fingerprint density at radius 2 is 1.87 bits per heavy atom. The highest BCUT2D eigenvalue weighted by Gasteiger charge is 2.15. The van der Waals surface area contributed by atoms with Gasteiger partial charge in [0, 0.05) is 36.1 Å². The lowest BCUT2D eigenvalue weighted by Gasteiger charge is -2.22. The Hall–Kier alpha value is -3.50. The van der Waals surface area contributed by atoms with E-state index in [-0.39, 0.29) is 0 Å². The lowest BCUT2D eigenvalue weighted by Crippen LogP contribution is -2.21. The normalized spacial score (nSPS) is 14.3. The predicted octanol–water partition coefficient (Wildman–Crippen LogP) is 6.16. The third kappa shape index (κ3) is 4.49. The molecule has 1 N–H and O–H groups in total. The van der Waals surface area contributed by atoms with Crippen LogP contribution < -0.4 is 10.1 Å². The van der Waals surface area contributed by atoms with Crippen LogP contribution in [-0.4, -0.2) is 21.0 Å². The molecular weight excluding hydrogens is 406 g/mol. The second-order valence-corrected chi connectivity index (χ2v) is 8.68. The maximum atomic E-state index is 8.91. The number of thiazole rings is 1. The number of fused-ring (bicyclic) bond motifs is 1. The van der Waals surface area contributed by atoms with Crippen LogP contribution in [0.3, 0.4) is 0 Å². The minimum atomic E-state index is 0.381. The number of aromatic nitrogens is 3. The number of ether oxygens (including phenoxy) is 1. The highest BCUT2D eigenvalue weighted by molar-refractivity contribution is 7.22. The molecule has 6 nitrogen and oxygen atoms in total. The summed E-state index contributed by atoms with van der Waals surface area (Å²) in [5, 5.41) is 13.5. The third-order valence-corrected chi connectivity index (χ3v) is 6.38. The molecule has 1 aliphatic carbocycles. The quantitative estimate of drug-likeness (QED) is 0.410. The van der Waals surface area contributed by atoms with Crippen LogP contribution in [0.2, 0.25) is 0 Å². The molecule has 4 aromatic rings. The Balaban J connectivity index is 1.33. The van der Waals surface area contributed by atoms with Crippen molar-refractivity contribution in [3.63, 3.8) is 0 Å². The van der Waals surface area contributed by atoms with E-state index in [2.05, 4.69) is 15.3 Å². The van der Waals surface area contributed by atoms with Crippen molar-refractivity contribution in [2.75, 3.05) is 5.32 Å². The van der Waals surface area contributed by atoms with Crippen molar-refractivity contribution in [2.45, 2.75) is 38.1 Å². The van der Waals surface area contributed by atoms with E-state index < -0.39 is 0 Å². The summed E-state index contributed by atoms with van der Waals surface area (Å²) in [4.78, 5) is 13.2. The summed E-state index contributed by atoms with van der Waals surface area (Å²) in [7, 11) is 0. The minimum absolute atomic E-state index is 0.381. The smallest absolute Gasteiger partial charge is 0.184 e. The fraction of sp³-hybridized carbons (Fsp3) is 0.250. The van der Waals surface area contributed by atoms with E-state index in [4.69, 9.17) is 15.0 Å². The molecule has 1 aromatic carbocycles. The van der Waals surface area contributed by atoms with Crippen molar-refractivity contribution in [2.24, 2.45) is 0 Å². The molecule has 5 rings (SSSR count). The van der Waals surface area contributed by atoms with Crippen LogP contribution in [0.4, 0.5) is 5.13 Å². The highest BCUT2D eigenvalue weighted by Crippen LogP contribution is 2.33. The first-order chi connectivity index (χ1) is 15.3. The number of nitrogens with zero attached hydrogens (tertiary/aromatic N) is 4. The molecule has 31 heavy (non-hydrogen) atoms. The van der Waals surface area contributed by atoms with Crippen LogP contribution in [0, 0.1) is 11.3 Å². The standard InChI is InChI=1S/C24H21N5OS/c25-14-18-7-6-16(15-27-18)22-12-20(10-11-26-22)30-19-8-9-21-23(13-19)31-24(29-21)28-17-4-2-1-3-5-17/h6-13,15,17H,1-5H2,(H,28,29). The predicted molar refractivity (Wildman–Crippen MR) is 122 cm³/mol. The Morgan fingerprint density at radius 3 is 2.68 bits per heavy atom. The van der Waals surface area contributed by atoms with E-state index in [1.54, 1.807) is 29.8 Å². The van der Waals surface area contributed by atoms with Crippen molar-refractivity contribution in [3.05, 3.63) is 60.6 Å². The number of nitriles is 1. The largest absolute Gasteiger partial charge is 0.457 e. The molecule has 0 spiro atoms. The zero-order valence-corrected chi connectivity index (χ0v) is 17.7. The zero-order chi connectivity index (χ0) is 21.0. The van der Waals surface area contributed by atoms with Gasteiger partial charge in [-0.3, -0.25) is 4.98 Å². The molecule has 7 heteroatoms. The number of hydrogen-bond donors (Lipinski definition) is 1. The summed E-state index contributed by atoms with van der Waals surface area (Å²) in [6, 6.07) is 15.7. The van der Waals surface area contributed by atoms with Crippen LogP contribution in [0.1, 0.15) is 37.8 Å². The van der Waals surface area contributed by atoms with Gasteiger partial charge in [-0.2, -0.15) is 5.26 Å². The first-order valence-corrected chi connectivity index (χ1v) is 11.3. The second-order valence-electron chi connectivity index (χ2n) is 7.65. The number of pyridine rings is 2. The van der Waals surface area contributed by atoms with Gasteiger partial charge in [-0.25, -0.2) is 9.97 Å². The van der Waals surface area contributed by atoms with Crippen molar-refractivity contribution >= 4 is 26.7 Å². The molecule has 3 aromatic heterocycles. The van der Waals surface area contributed by atoms with Gasteiger partial charge >= 0.3 is 0 Å². The molecule has 1 aliphatic rings. The lowest BCUT2D eigenvalue weighted by molar-refractivity contribution is 0.462. The van der Waals surface area contributed by atoms with Crippen LogP contribution in [-0.2, 0) is 0 Å². The Labute approximate surface area is 184 Å². The maximum Gasteiger partial charge on any atom is 0.184 e.